The molecule has 0 unspecified atom stereocenters. The van der Waals surface area contributed by atoms with E-state index in [2.05, 4.69) is 25.6 Å². The Bertz CT molecular complexity index is 1360. The van der Waals surface area contributed by atoms with E-state index in [-0.39, 0.29) is 36.4 Å². The Balaban J connectivity index is 1.21. The maximum Gasteiger partial charge on any atom is 0.417 e. The summed E-state index contributed by atoms with van der Waals surface area (Å²) in [5.74, 6) is -0.166. The summed E-state index contributed by atoms with van der Waals surface area (Å²) in [7, 11) is 1.58. The normalized spacial score (nSPS) is 17.4. The van der Waals surface area contributed by atoms with Crippen LogP contribution in [0.15, 0.2) is 29.3 Å². The van der Waals surface area contributed by atoms with Gasteiger partial charge in [-0.25, -0.2) is 24.1 Å². The van der Waals surface area contributed by atoms with Gasteiger partial charge >= 0.3 is 6.09 Å². The first-order valence-electron chi connectivity index (χ1n) is 10.5. The number of hydrogen-bond acceptors (Lipinski definition) is 9. The van der Waals surface area contributed by atoms with Crippen molar-refractivity contribution in [3.05, 3.63) is 46.3 Å². The van der Waals surface area contributed by atoms with E-state index in [4.69, 9.17) is 9.47 Å². The number of aromatic nitrogens is 4. The fourth-order valence-corrected chi connectivity index (χ4v) is 3.90. The smallest absolute Gasteiger partial charge is 0.417 e. The molecule has 2 N–H and O–H groups in total. The minimum absolute atomic E-state index is 0.0864. The third-order valence-electron chi connectivity index (χ3n) is 5.58. The van der Waals surface area contributed by atoms with Crippen molar-refractivity contribution in [2.45, 2.75) is 12.5 Å². The summed E-state index contributed by atoms with van der Waals surface area (Å²) in [6.45, 7) is 0.771. The summed E-state index contributed by atoms with van der Waals surface area (Å²) in [5, 5.41) is 5.72. The van der Waals surface area contributed by atoms with E-state index in [1.54, 1.807) is 7.05 Å². The van der Waals surface area contributed by atoms with Crippen molar-refractivity contribution in [2.24, 2.45) is 7.05 Å². The molecule has 0 aliphatic carbocycles. The predicted octanol–water partition coefficient (Wildman–Crippen LogP) is 0.351. The Hall–Kier alpha value is -4.13. The molecule has 0 bridgehead atoms. The Labute approximate surface area is 191 Å². The van der Waals surface area contributed by atoms with Crippen LogP contribution in [0.2, 0.25) is 0 Å². The number of amides is 2. The Kier molecular flexibility index (Phi) is 5.53. The molecule has 2 amide bonds. The molecule has 34 heavy (non-hydrogen) atoms. The molecule has 12 nitrogen and oxygen atoms in total. The molecule has 1 aromatic carbocycles. The van der Waals surface area contributed by atoms with Crippen LogP contribution in [0.4, 0.5) is 21.0 Å². The van der Waals surface area contributed by atoms with Gasteiger partial charge in [-0.15, -0.1) is 0 Å². The van der Waals surface area contributed by atoms with Gasteiger partial charge in [0.1, 0.15) is 11.9 Å². The number of ether oxygens (including phenoxy) is 2. The van der Waals surface area contributed by atoms with Crippen LogP contribution >= 0.6 is 0 Å². The highest BCUT2D eigenvalue weighted by Gasteiger charge is 2.34. The van der Waals surface area contributed by atoms with E-state index in [0.717, 1.165) is 0 Å². The second-order valence-corrected chi connectivity index (χ2v) is 7.84. The van der Waals surface area contributed by atoms with Gasteiger partial charge in [0, 0.05) is 19.2 Å². The van der Waals surface area contributed by atoms with Gasteiger partial charge < -0.3 is 24.7 Å². The van der Waals surface area contributed by atoms with Gasteiger partial charge in [0.05, 0.1) is 30.0 Å². The van der Waals surface area contributed by atoms with E-state index >= 15 is 0 Å². The second kappa shape index (κ2) is 8.67. The number of aryl methyl sites for hydroxylation is 1. The van der Waals surface area contributed by atoms with Gasteiger partial charge in [-0.2, -0.15) is 4.98 Å². The minimum Gasteiger partial charge on any atom is -0.478 e. The lowest BCUT2D eigenvalue weighted by Gasteiger charge is -2.18. The number of fused-ring (bicyclic) bond motifs is 2. The maximum absolute atomic E-state index is 14.5. The van der Waals surface area contributed by atoms with Crippen molar-refractivity contribution < 1.29 is 23.5 Å². The van der Waals surface area contributed by atoms with Gasteiger partial charge in [-0.05, 0) is 25.1 Å². The lowest BCUT2D eigenvalue weighted by molar-refractivity contribution is -0.118. The summed E-state index contributed by atoms with van der Waals surface area (Å²) >= 11 is 0. The van der Waals surface area contributed by atoms with Crippen molar-refractivity contribution in [1.29, 1.82) is 0 Å². The Morgan fingerprint density at radius 3 is 2.94 bits per heavy atom. The first kappa shape index (κ1) is 21.7. The van der Waals surface area contributed by atoms with Crippen molar-refractivity contribution in [3.63, 3.8) is 0 Å². The standard InChI is InChI=1S/C21H20FN7O5/c1-28-17(31)8-24-14-3-2-13(22)12(18(14)28)4-5-23-6-11-9-29(21(32)34-11)20-25-7-15-19(27-20)26-16(30)10-33-15/h2-3,7-8,11,23H,4-6,9-10H2,1H3,(H,25,26,27,30)/t11-/m0/s1. The van der Waals surface area contributed by atoms with Gasteiger partial charge in [0.2, 0.25) is 5.95 Å². The lowest BCUT2D eigenvalue weighted by Crippen LogP contribution is -2.33. The molecule has 5 rings (SSSR count). The van der Waals surface area contributed by atoms with Crippen molar-refractivity contribution in [2.75, 3.05) is 36.5 Å². The molecule has 1 saturated heterocycles. The summed E-state index contributed by atoms with van der Waals surface area (Å²) in [5.41, 5.74) is 1.05. The van der Waals surface area contributed by atoms with Crippen LogP contribution in [-0.4, -0.2) is 63.9 Å². The molecular weight excluding hydrogens is 449 g/mol. The zero-order valence-corrected chi connectivity index (χ0v) is 18.1. The number of benzene rings is 1. The number of nitrogens with zero attached hydrogens (tertiary/aromatic N) is 5. The Morgan fingerprint density at radius 1 is 1.24 bits per heavy atom. The van der Waals surface area contributed by atoms with Crippen LogP contribution in [0.5, 0.6) is 5.75 Å². The molecule has 1 fully saturated rings. The van der Waals surface area contributed by atoms with Crippen LogP contribution in [0.3, 0.4) is 0 Å². The number of carbonyl (C=O) groups is 2. The zero-order valence-electron chi connectivity index (χ0n) is 18.1. The van der Waals surface area contributed by atoms with Crippen molar-refractivity contribution in [1.82, 2.24) is 24.8 Å². The second-order valence-electron chi connectivity index (χ2n) is 7.84. The number of halogens is 1. The van der Waals surface area contributed by atoms with Crippen LogP contribution in [0.1, 0.15) is 5.56 Å². The number of anilines is 2. The third kappa shape index (κ3) is 4.01. The van der Waals surface area contributed by atoms with E-state index in [1.807, 2.05) is 0 Å². The van der Waals surface area contributed by atoms with E-state index < -0.39 is 18.0 Å². The highest BCUT2D eigenvalue weighted by molar-refractivity contribution is 5.94. The van der Waals surface area contributed by atoms with Gasteiger partial charge in [-0.1, -0.05) is 0 Å². The first-order chi connectivity index (χ1) is 16.4. The van der Waals surface area contributed by atoms with Crippen molar-refractivity contribution >= 4 is 34.8 Å². The highest BCUT2D eigenvalue weighted by atomic mass is 19.1. The SMILES string of the molecule is Cn1c(=O)cnc2ccc(F)c(CCNC[C@H]3CN(c4ncc5c(n4)NC(=O)CO5)C(=O)O3)c21. The molecule has 0 spiro atoms. The minimum atomic E-state index is -0.615. The summed E-state index contributed by atoms with van der Waals surface area (Å²) in [6.07, 6.45) is 1.80. The molecule has 13 heteroatoms. The lowest BCUT2D eigenvalue weighted by atomic mass is 10.1. The van der Waals surface area contributed by atoms with Gasteiger partial charge in [0.15, 0.2) is 18.2 Å². The zero-order chi connectivity index (χ0) is 23.8. The fraction of sp³-hybridized carbons (Fsp3) is 0.333. The summed E-state index contributed by atoms with van der Waals surface area (Å²) in [6, 6.07) is 2.87. The molecule has 0 saturated carbocycles. The molecule has 2 aromatic heterocycles. The number of nitrogens with one attached hydrogen (secondary N) is 2. The molecule has 2 aliphatic heterocycles. The number of rotatable bonds is 6. The van der Waals surface area contributed by atoms with Gasteiger partial charge in [0.25, 0.3) is 11.5 Å². The largest absolute Gasteiger partial charge is 0.478 e. The highest BCUT2D eigenvalue weighted by Crippen LogP contribution is 2.28. The van der Waals surface area contributed by atoms with Crippen LogP contribution in [-0.2, 0) is 23.0 Å². The molecule has 4 heterocycles. The monoisotopic (exact) mass is 469 g/mol. The van der Waals surface area contributed by atoms with E-state index in [1.165, 1.54) is 34.0 Å². The maximum atomic E-state index is 14.5. The molecule has 1 atom stereocenters. The van der Waals surface area contributed by atoms with Gasteiger partial charge in [-0.3, -0.25) is 9.59 Å². The third-order valence-corrected chi connectivity index (χ3v) is 5.58. The van der Waals surface area contributed by atoms with E-state index in [9.17, 15) is 18.8 Å². The molecule has 3 aromatic rings. The van der Waals surface area contributed by atoms with Crippen LogP contribution in [0.25, 0.3) is 11.0 Å². The fourth-order valence-electron chi connectivity index (χ4n) is 3.90. The number of cyclic esters (lactones) is 1. The number of hydrogen-bond donors (Lipinski definition) is 2. The molecule has 2 aliphatic rings. The number of carbonyl (C=O) groups excluding carboxylic acids is 2. The topological polar surface area (TPSA) is 141 Å². The van der Waals surface area contributed by atoms with E-state index in [0.29, 0.717) is 41.9 Å². The molecule has 176 valence electrons. The summed E-state index contributed by atoms with van der Waals surface area (Å²) in [4.78, 5) is 49.4. The first-order valence-corrected chi connectivity index (χ1v) is 10.5. The average molecular weight is 469 g/mol. The average Bonchev–Trinajstić information content (AvgIpc) is 3.20. The molecule has 0 radical (unpaired) electrons. The Morgan fingerprint density at radius 2 is 2.09 bits per heavy atom. The molecular formula is C21H20FN7O5. The van der Waals surface area contributed by atoms with Crippen LogP contribution < -0.4 is 25.8 Å². The quantitative estimate of drug-likeness (QED) is 0.489. The van der Waals surface area contributed by atoms with Crippen molar-refractivity contribution in [3.8, 4) is 5.75 Å². The summed E-state index contributed by atoms with van der Waals surface area (Å²) < 4.78 is 26.5. The van der Waals surface area contributed by atoms with Crippen LogP contribution in [0, 0.1) is 5.82 Å². The predicted molar refractivity (Wildman–Crippen MR) is 117 cm³/mol.